The highest BCUT2D eigenvalue weighted by atomic mass is 16.5. The van der Waals surface area contributed by atoms with Gasteiger partial charge in [0, 0.05) is 18.9 Å². The van der Waals surface area contributed by atoms with Gasteiger partial charge < -0.3 is 14.6 Å². The SMILES string of the molecule is CCCCCCCC(CCCCCC)OC(=O)CCCCCCCN(CCCCCCCC=O)C(C)CO. The molecule has 0 aliphatic rings. The van der Waals surface area contributed by atoms with E-state index in [9.17, 15) is 14.7 Å². The van der Waals surface area contributed by atoms with Crippen molar-refractivity contribution in [2.24, 2.45) is 0 Å². The number of rotatable bonds is 30. The van der Waals surface area contributed by atoms with Crippen LogP contribution in [0.2, 0.25) is 0 Å². The Balaban J connectivity index is 4.05. The van der Waals surface area contributed by atoms with Crippen molar-refractivity contribution in [1.82, 2.24) is 4.90 Å². The Labute approximate surface area is 236 Å². The first kappa shape index (κ1) is 37.1. The largest absolute Gasteiger partial charge is 0.462 e. The van der Waals surface area contributed by atoms with Crippen molar-refractivity contribution in [3.63, 3.8) is 0 Å². The second-order valence-corrected chi connectivity index (χ2v) is 11.5. The minimum atomic E-state index is 0.00755. The van der Waals surface area contributed by atoms with Crippen molar-refractivity contribution in [1.29, 1.82) is 0 Å². The van der Waals surface area contributed by atoms with E-state index >= 15 is 0 Å². The molecule has 5 nitrogen and oxygen atoms in total. The summed E-state index contributed by atoms with van der Waals surface area (Å²) >= 11 is 0. The van der Waals surface area contributed by atoms with E-state index in [2.05, 4.69) is 25.7 Å². The van der Waals surface area contributed by atoms with E-state index in [1.165, 1.54) is 77.0 Å². The molecular formula is C33H65NO4. The molecule has 0 aromatic heterocycles. The third kappa shape index (κ3) is 24.1. The van der Waals surface area contributed by atoms with Gasteiger partial charge in [-0.05, 0) is 71.4 Å². The number of aliphatic hydroxyl groups is 1. The first-order chi connectivity index (χ1) is 18.6. The molecule has 0 aliphatic carbocycles. The summed E-state index contributed by atoms with van der Waals surface area (Å²) < 4.78 is 5.92. The van der Waals surface area contributed by atoms with Crippen molar-refractivity contribution in [3.05, 3.63) is 0 Å². The summed E-state index contributed by atoms with van der Waals surface area (Å²) in [6.07, 6.45) is 26.9. The van der Waals surface area contributed by atoms with Gasteiger partial charge in [-0.25, -0.2) is 0 Å². The normalized spacial score (nSPS) is 13.1. The first-order valence-corrected chi connectivity index (χ1v) is 16.6. The molecule has 0 heterocycles. The zero-order valence-electron chi connectivity index (χ0n) is 25.7. The van der Waals surface area contributed by atoms with Gasteiger partial charge in [0.1, 0.15) is 12.4 Å². The zero-order valence-corrected chi connectivity index (χ0v) is 25.7. The molecule has 2 atom stereocenters. The van der Waals surface area contributed by atoms with E-state index in [0.717, 1.165) is 77.2 Å². The molecule has 0 radical (unpaired) electrons. The molecule has 38 heavy (non-hydrogen) atoms. The topological polar surface area (TPSA) is 66.8 Å². The molecule has 0 saturated carbocycles. The summed E-state index contributed by atoms with van der Waals surface area (Å²) in [5.74, 6) is 0.00755. The van der Waals surface area contributed by atoms with Crippen LogP contribution in [0.1, 0.15) is 168 Å². The first-order valence-electron chi connectivity index (χ1n) is 16.6. The molecule has 0 fully saturated rings. The van der Waals surface area contributed by atoms with Gasteiger partial charge in [-0.15, -0.1) is 0 Å². The molecule has 0 spiro atoms. The van der Waals surface area contributed by atoms with Crippen LogP contribution in [0.25, 0.3) is 0 Å². The highest BCUT2D eigenvalue weighted by molar-refractivity contribution is 5.69. The molecule has 5 heteroatoms. The fourth-order valence-electron chi connectivity index (χ4n) is 5.14. The molecule has 2 unspecified atom stereocenters. The van der Waals surface area contributed by atoms with E-state index in [0.29, 0.717) is 12.8 Å². The lowest BCUT2D eigenvalue weighted by molar-refractivity contribution is -0.150. The van der Waals surface area contributed by atoms with E-state index in [4.69, 9.17) is 4.74 Å². The van der Waals surface area contributed by atoms with Gasteiger partial charge in [-0.2, -0.15) is 0 Å². The number of nitrogens with zero attached hydrogens (tertiary/aromatic N) is 1. The maximum atomic E-state index is 12.5. The van der Waals surface area contributed by atoms with Gasteiger partial charge in [-0.1, -0.05) is 97.3 Å². The second kappa shape index (κ2) is 29.1. The fourth-order valence-corrected chi connectivity index (χ4v) is 5.14. The average molecular weight is 540 g/mol. The monoisotopic (exact) mass is 539 g/mol. The summed E-state index contributed by atoms with van der Waals surface area (Å²) in [5.41, 5.74) is 0. The number of hydrogen-bond acceptors (Lipinski definition) is 5. The smallest absolute Gasteiger partial charge is 0.306 e. The summed E-state index contributed by atoms with van der Waals surface area (Å²) in [4.78, 5) is 25.3. The summed E-state index contributed by atoms with van der Waals surface area (Å²) in [5, 5.41) is 9.63. The lowest BCUT2D eigenvalue weighted by Crippen LogP contribution is -2.37. The molecule has 0 bridgehead atoms. The molecule has 0 aliphatic heterocycles. The fraction of sp³-hybridized carbons (Fsp3) is 0.939. The van der Waals surface area contributed by atoms with E-state index in [1.807, 2.05) is 0 Å². The van der Waals surface area contributed by atoms with Crippen LogP contribution in [0.15, 0.2) is 0 Å². The molecule has 226 valence electrons. The molecule has 0 aromatic carbocycles. The van der Waals surface area contributed by atoms with Crippen molar-refractivity contribution >= 4 is 12.3 Å². The Morgan fingerprint density at radius 2 is 1.18 bits per heavy atom. The van der Waals surface area contributed by atoms with Crippen LogP contribution in [-0.2, 0) is 14.3 Å². The van der Waals surface area contributed by atoms with Crippen LogP contribution in [0, 0.1) is 0 Å². The third-order valence-electron chi connectivity index (χ3n) is 7.79. The van der Waals surface area contributed by atoms with Crippen LogP contribution >= 0.6 is 0 Å². The quantitative estimate of drug-likeness (QED) is 0.0561. The number of aliphatic hydroxyl groups excluding tert-OH is 1. The van der Waals surface area contributed by atoms with Gasteiger partial charge in [-0.3, -0.25) is 9.69 Å². The summed E-state index contributed by atoms with van der Waals surface area (Å²) in [6, 6.07) is 0.210. The number of ether oxygens (including phenoxy) is 1. The van der Waals surface area contributed by atoms with Crippen molar-refractivity contribution in [3.8, 4) is 0 Å². The van der Waals surface area contributed by atoms with Gasteiger partial charge in [0.25, 0.3) is 0 Å². The van der Waals surface area contributed by atoms with Crippen LogP contribution < -0.4 is 0 Å². The predicted octanol–water partition coefficient (Wildman–Crippen LogP) is 8.79. The number of unbranched alkanes of at least 4 members (excludes halogenated alkanes) is 16. The number of carbonyl (C=O) groups is 2. The van der Waals surface area contributed by atoms with E-state index < -0.39 is 0 Å². The highest BCUT2D eigenvalue weighted by Crippen LogP contribution is 2.18. The molecule has 0 amide bonds. The van der Waals surface area contributed by atoms with Gasteiger partial charge in [0.05, 0.1) is 6.61 Å². The Morgan fingerprint density at radius 1 is 0.711 bits per heavy atom. The highest BCUT2D eigenvalue weighted by Gasteiger charge is 2.15. The van der Waals surface area contributed by atoms with E-state index in [1.54, 1.807) is 0 Å². The Morgan fingerprint density at radius 3 is 1.74 bits per heavy atom. The average Bonchev–Trinajstić information content (AvgIpc) is 2.92. The molecule has 0 aromatic rings. The second-order valence-electron chi connectivity index (χ2n) is 11.5. The number of esters is 1. The van der Waals surface area contributed by atoms with E-state index in [-0.39, 0.29) is 24.7 Å². The Kier molecular flexibility index (Phi) is 28.3. The van der Waals surface area contributed by atoms with Gasteiger partial charge in [0.2, 0.25) is 0 Å². The van der Waals surface area contributed by atoms with Crippen LogP contribution in [0.3, 0.4) is 0 Å². The molecular weight excluding hydrogens is 474 g/mol. The number of aldehydes is 1. The minimum Gasteiger partial charge on any atom is -0.462 e. The van der Waals surface area contributed by atoms with Crippen LogP contribution in [0.5, 0.6) is 0 Å². The molecule has 0 rings (SSSR count). The molecule has 0 saturated heterocycles. The standard InChI is InChI=1S/C33H65NO4/c1-4-6-8-13-19-25-32(24-18-9-7-5-2)38-33(37)26-20-14-12-16-22-28-34(31(3)30-36)27-21-15-10-11-17-23-29-35/h29,31-32,36H,4-28,30H2,1-3H3. The van der Waals surface area contributed by atoms with Gasteiger partial charge >= 0.3 is 5.97 Å². The summed E-state index contributed by atoms with van der Waals surface area (Å²) in [6.45, 7) is 8.87. The van der Waals surface area contributed by atoms with Crippen LogP contribution in [0.4, 0.5) is 0 Å². The Bertz CT molecular complexity index is 513. The molecule has 1 N–H and O–H groups in total. The third-order valence-corrected chi connectivity index (χ3v) is 7.79. The summed E-state index contributed by atoms with van der Waals surface area (Å²) in [7, 11) is 0. The lowest BCUT2D eigenvalue weighted by atomic mass is 10.0. The maximum Gasteiger partial charge on any atom is 0.306 e. The zero-order chi connectivity index (χ0) is 28.1. The van der Waals surface area contributed by atoms with Crippen molar-refractivity contribution < 1.29 is 19.4 Å². The predicted molar refractivity (Wildman–Crippen MR) is 162 cm³/mol. The van der Waals surface area contributed by atoms with Gasteiger partial charge in [0.15, 0.2) is 0 Å². The van der Waals surface area contributed by atoms with Crippen molar-refractivity contribution in [2.75, 3.05) is 19.7 Å². The lowest BCUT2D eigenvalue weighted by Gasteiger charge is -2.27. The Hall–Kier alpha value is -0.940. The maximum absolute atomic E-state index is 12.5. The number of hydrogen-bond donors (Lipinski definition) is 1. The van der Waals surface area contributed by atoms with Crippen LogP contribution in [-0.4, -0.2) is 54.1 Å². The number of carbonyl (C=O) groups excluding carboxylic acids is 2. The minimum absolute atomic E-state index is 0.00755. The van der Waals surface area contributed by atoms with Crippen molar-refractivity contribution in [2.45, 2.75) is 181 Å².